The van der Waals surface area contributed by atoms with E-state index < -0.39 is 5.60 Å². The molecule has 1 aliphatic heterocycles. The first-order valence-electron chi connectivity index (χ1n) is 10.5. The van der Waals surface area contributed by atoms with Crippen LogP contribution < -0.4 is 0 Å². The standard InChI is InChI=1S/C23H29ClN4O2/c1-21(2,3)12-27-14-23(30-20(27)29)7-5-6-22(4,11-23)13-28-15-26-19-17(24)8-16(10-25)9-18(19)28/h8-9,15H,5-7,11-14H2,1-4H3/t22-,23-/m0/s1. The van der Waals surface area contributed by atoms with Gasteiger partial charge in [-0.2, -0.15) is 5.26 Å². The maximum absolute atomic E-state index is 12.6. The fourth-order valence-electron chi connectivity index (χ4n) is 5.26. The first kappa shape index (κ1) is 21.0. The third-order valence-electron chi connectivity index (χ3n) is 6.23. The van der Waals surface area contributed by atoms with Gasteiger partial charge in [0.2, 0.25) is 0 Å². The van der Waals surface area contributed by atoms with Gasteiger partial charge in [-0.3, -0.25) is 0 Å². The fraction of sp³-hybridized carbons (Fsp3) is 0.609. The number of amides is 1. The molecule has 7 heteroatoms. The lowest BCUT2D eigenvalue weighted by molar-refractivity contribution is -0.0270. The topological polar surface area (TPSA) is 71.2 Å². The minimum atomic E-state index is -0.415. The van der Waals surface area contributed by atoms with Gasteiger partial charge in [0.1, 0.15) is 11.1 Å². The highest BCUT2D eigenvalue weighted by Gasteiger charge is 2.51. The predicted molar refractivity (Wildman–Crippen MR) is 116 cm³/mol. The van der Waals surface area contributed by atoms with Crippen molar-refractivity contribution in [3.63, 3.8) is 0 Å². The fourth-order valence-corrected chi connectivity index (χ4v) is 5.52. The van der Waals surface area contributed by atoms with Crippen LogP contribution in [0.1, 0.15) is 58.9 Å². The molecule has 2 fully saturated rings. The molecule has 4 rings (SSSR count). The van der Waals surface area contributed by atoms with Crippen LogP contribution in [0, 0.1) is 22.2 Å². The van der Waals surface area contributed by atoms with Gasteiger partial charge in [-0.15, -0.1) is 0 Å². The van der Waals surface area contributed by atoms with Crippen LogP contribution in [-0.4, -0.2) is 39.2 Å². The Morgan fingerprint density at radius 1 is 1.33 bits per heavy atom. The summed E-state index contributed by atoms with van der Waals surface area (Å²) in [5.74, 6) is 0. The van der Waals surface area contributed by atoms with Crippen molar-refractivity contribution in [2.24, 2.45) is 10.8 Å². The zero-order valence-corrected chi connectivity index (χ0v) is 18.9. The highest BCUT2D eigenvalue weighted by molar-refractivity contribution is 6.35. The number of ether oxygens (including phenoxy) is 1. The molecule has 30 heavy (non-hydrogen) atoms. The summed E-state index contributed by atoms with van der Waals surface area (Å²) in [4.78, 5) is 18.9. The van der Waals surface area contributed by atoms with E-state index in [-0.39, 0.29) is 16.9 Å². The highest BCUT2D eigenvalue weighted by Crippen LogP contribution is 2.47. The van der Waals surface area contributed by atoms with E-state index in [0.29, 0.717) is 29.2 Å². The smallest absolute Gasteiger partial charge is 0.410 e. The summed E-state index contributed by atoms with van der Waals surface area (Å²) in [7, 11) is 0. The average Bonchev–Trinajstić information content (AvgIpc) is 3.14. The van der Waals surface area contributed by atoms with Crippen molar-refractivity contribution < 1.29 is 9.53 Å². The van der Waals surface area contributed by atoms with E-state index in [1.807, 2.05) is 11.0 Å². The molecule has 1 aliphatic carbocycles. The third-order valence-corrected chi connectivity index (χ3v) is 6.52. The zero-order chi connectivity index (χ0) is 21.7. The van der Waals surface area contributed by atoms with Gasteiger partial charge in [0, 0.05) is 13.1 Å². The SMILES string of the molecule is CC(C)(C)CN1C[C@@]2(CCC[C@](C)(Cn3cnc4c(Cl)cc(C#N)cc43)C2)OC1=O. The van der Waals surface area contributed by atoms with Gasteiger partial charge in [-0.05, 0) is 48.6 Å². The van der Waals surface area contributed by atoms with Crippen LogP contribution in [0.3, 0.4) is 0 Å². The maximum Gasteiger partial charge on any atom is 0.410 e. The van der Waals surface area contributed by atoms with Crippen LogP contribution in [0.4, 0.5) is 4.79 Å². The Hall–Kier alpha value is -2.26. The summed E-state index contributed by atoms with van der Waals surface area (Å²) in [5.41, 5.74) is 1.70. The molecular formula is C23H29ClN4O2. The molecule has 2 aromatic rings. The highest BCUT2D eigenvalue weighted by atomic mass is 35.5. The Morgan fingerprint density at radius 3 is 2.80 bits per heavy atom. The molecule has 6 nitrogen and oxygen atoms in total. The van der Waals surface area contributed by atoms with Crippen molar-refractivity contribution in [3.05, 3.63) is 29.0 Å². The lowest BCUT2D eigenvalue weighted by atomic mass is 9.68. The van der Waals surface area contributed by atoms with E-state index in [1.165, 1.54) is 0 Å². The normalized spacial score (nSPS) is 26.9. The second kappa shape index (κ2) is 7.16. The van der Waals surface area contributed by atoms with E-state index in [2.05, 4.69) is 43.3 Å². The van der Waals surface area contributed by atoms with Crippen molar-refractivity contribution in [3.8, 4) is 6.07 Å². The monoisotopic (exact) mass is 428 g/mol. The number of carbonyl (C=O) groups is 1. The van der Waals surface area contributed by atoms with E-state index >= 15 is 0 Å². The molecule has 2 heterocycles. The van der Waals surface area contributed by atoms with Gasteiger partial charge in [-0.1, -0.05) is 39.3 Å². The van der Waals surface area contributed by atoms with E-state index in [9.17, 15) is 10.1 Å². The summed E-state index contributed by atoms with van der Waals surface area (Å²) < 4.78 is 8.09. The lowest BCUT2D eigenvalue weighted by Crippen LogP contribution is -2.45. The molecule has 1 saturated carbocycles. The largest absolute Gasteiger partial charge is 0.441 e. The van der Waals surface area contributed by atoms with Gasteiger partial charge in [0.15, 0.2) is 0 Å². The number of imidazole rings is 1. The molecule has 2 aliphatic rings. The number of nitrogens with zero attached hydrogens (tertiary/aromatic N) is 4. The number of rotatable bonds is 3. The Morgan fingerprint density at radius 2 is 2.10 bits per heavy atom. The van der Waals surface area contributed by atoms with Gasteiger partial charge >= 0.3 is 6.09 Å². The second-order valence-electron chi connectivity index (χ2n) is 10.6. The lowest BCUT2D eigenvalue weighted by Gasteiger charge is -2.43. The Bertz CT molecular complexity index is 1030. The number of halogens is 1. The molecule has 1 aromatic carbocycles. The van der Waals surface area contributed by atoms with Crippen molar-refractivity contribution in [2.45, 2.75) is 65.5 Å². The molecule has 1 saturated heterocycles. The Kier molecular flexibility index (Phi) is 5.01. The van der Waals surface area contributed by atoms with Crippen LogP contribution >= 0.6 is 11.6 Å². The molecule has 0 unspecified atom stereocenters. The maximum atomic E-state index is 12.6. The number of hydrogen-bond acceptors (Lipinski definition) is 4. The summed E-state index contributed by atoms with van der Waals surface area (Å²) in [6.07, 6.45) is 5.41. The minimum Gasteiger partial charge on any atom is -0.441 e. The average molecular weight is 429 g/mol. The quantitative estimate of drug-likeness (QED) is 0.658. The van der Waals surface area contributed by atoms with Crippen LogP contribution in [-0.2, 0) is 11.3 Å². The first-order chi connectivity index (χ1) is 14.0. The zero-order valence-electron chi connectivity index (χ0n) is 18.2. The number of benzene rings is 1. The second-order valence-corrected chi connectivity index (χ2v) is 11.0. The van der Waals surface area contributed by atoms with Gasteiger partial charge in [0.05, 0.1) is 35.0 Å². The molecule has 0 N–H and O–H groups in total. The van der Waals surface area contributed by atoms with Crippen LogP contribution in [0.5, 0.6) is 0 Å². The number of hydrogen-bond donors (Lipinski definition) is 0. The van der Waals surface area contributed by atoms with Crippen molar-refractivity contribution in [1.82, 2.24) is 14.5 Å². The molecule has 0 radical (unpaired) electrons. The van der Waals surface area contributed by atoms with Crippen LogP contribution in [0.25, 0.3) is 11.0 Å². The molecular weight excluding hydrogens is 400 g/mol. The molecule has 160 valence electrons. The summed E-state index contributed by atoms with van der Waals surface area (Å²) in [6, 6.07) is 5.67. The van der Waals surface area contributed by atoms with Gasteiger partial charge in [-0.25, -0.2) is 9.78 Å². The summed E-state index contributed by atoms with van der Waals surface area (Å²) in [5, 5.41) is 9.80. The number of nitriles is 1. The van der Waals surface area contributed by atoms with Crippen LogP contribution in [0.2, 0.25) is 5.02 Å². The molecule has 0 bridgehead atoms. The Balaban J connectivity index is 1.57. The Labute approximate surface area is 182 Å². The summed E-state index contributed by atoms with van der Waals surface area (Å²) >= 11 is 6.33. The number of carbonyl (C=O) groups excluding carboxylic acids is 1. The van der Waals surface area contributed by atoms with Crippen LogP contribution in [0.15, 0.2) is 18.5 Å². The molecule has 1 spiro atoms. The van der Waals surface area contributed by atoms with Gasteiger partial charge < -0.3 is 14.2 Å². The van der Waals surface area contributed by atoms with E-state index in [0.717, 1.165) is 37.7 Å². The van der Waals surface area contributed by atoms with Crippen molar-refractivity contribution >= 4 is 28.7 Å². The third kappa shape index (κ3) is 4.00. The predicted octanol–water partition coefficient (Wildman–Crippen LogP) is 5.38. The first-order valence-corrected chi connectivity index (χ1v) is 10.9. The number of aromatic nitrogens is 2. The number of fused-ring (bicyclic) bond motifs is 1. The molecule has 2 atom stereocenters. The van der Waals surface area contributed by atoms with Gasteiger partial charge in [0.25, 0.3) is 0 Å². The summed E-state index contributed by atoms with van der Waals surface area (Å²) in [6.45, 7) is 10.8. The molecule has 1 aromatic heterocycles. The van der Waals surface area contributed by atoms with E-state index in [1.54, 1.807) is 12.4 Å². The minimum absolute atomic E-state index is 0.0377. The van der Waals surface area contributed by atoms with E-state index in [4.69, 9.17) is 16.3 Å². The van der Waals surface area contributed by atoms with Crippen molar-refractivity contribution in [1.29, 1.82) is 5.26 Å². The van der Waals surface area contributed by atoms with Crippen molar-refractivity contribution in [2.75, 3.05) is 13.1 Å². The molecule has 1 amide bonds.